The Kier molecular flexibility index (Phi) is 4.36. The predicted octanol–water partition coefficient (Wildman–Crippen LogP) is 3.22. The second kappa shape index (κ2) is 6.79. The zero-order chi connectivity index (χ0) is 16.4. The Morgan fingerprint density at radius 3 is 2.67 bits per heavy atom. The van der Waals surface area contributed by atoms with Crippen LogP contribution < -0.4 is 10.9 Å². The molecular formula is C19H21N3OS. The van der Waals surface area contributed by atoms with Gasteiger partial charge in [0.05, 0.1) is 5.56 Å². The molecular weight excluding hydrogens is 318 g/mol. The van der Waals surface area contributed by atoms with E-state index < -0.39 is 0 Å². The first-order chi connectivity index (χ1) is 11.8. The number of hydrazine groups is 1. The number of thiophene rings is 1. The van der Waals surface area contributed by atoms with Crippen LogP contribution in [0.2, 0.25) is 0 Å². The van der Waals surface area contributed by atoms with E-state index in [4.69, 9.17) is 0 Å². The highest BCUT2D eigenvalue weighted by molar-refractivity contribution is 7.11. The van der Waals surface area contributed by atoms with Crippen LogP contribution in [0.25, 0.3) is 5.57 Å². The highest BCUT2D eigenvalue weighted by Crippen LogP contribution is 2.30. The SMILES string of the molecule is O=C(c1csc(C2=CNNC2)c1)N1CCC(c2ccccc2)CC1. The van der Waals surface area contributed by atoms with Gasteiger partial charge in [0.1, 0.15) is 0 Å². The lowest BCUT2D eigenvalue weighted by atomic mass is 9.89. The quantitative estimate of drug-likeness (QED) is 0.902. The molecule has 0 saturated carbocycles. The molecule has 1 saturated heterocycles. The van der Waals surface area contributed by atoms with E-state index in [2.05, 4.69) is 41.2 Å². The second-order valence-corrected chi connectivity index (χ2v) is 7.26. The Hall–Kier alpha value is -2.11. The van der Waals surface area contributed by atoms with Crippen LogP contribution in [0.4, 0.5) is 0 Å². The van der Waals surface area contributed by atoms with Gasteiger partial charge in [-0.25, -0.2) is 5.43 Å². The van der Waals surface area contributed by atoms with Gasteiger partial charge in [0.25, 0.3) is 5.91 Å². The third-order valence-corrected chi connectivity index (χ3v) is 5.85. The lowest BCUT2D eigenvalue weighted by Gasteiger charge is -2.32. The number of piperidine rings is 1. The van der Waals surface area contributed by atoms with Crippen molar-refractivity contribution in [2.45, 2.75) is 18.8 Å². The number of nitrogens with one attached hydrogen (secondary N) is 2. The second-order valence-electron chi connectivity index (χ2n) is 6.34. The number of benzene rings is 1. The number of likely N-dealkylation sites (tertiary alicyclic amines) is 1. The van der Waals surface area contributed by atoms with E-state index in [0.29, 0.717) is 5.92 Å². The molecule has 0 bridgehead atoms. The minimum absolute atomic E-state index is 0.170. The van der Waals surface area contributed by atoms with Crippen LogP contribution in [-0.4, -0.2) is 30.4 Å². The van der Waals surface area contributed by atoms with Gasteiger partial charge in [0, 0.05) is 41.7 Å². The molecule has 124 valence electrons. The van der Waals surface area contributed by atoms with Gasteiger partial charge < -0.3 is 10.3 Å². The van der Waals surface area contributed by atoms with E-state index in [1.54, 1.807) is 11.3 Å². The van der Waals surface area contributed by atoms with Crippen molar-refractivity contribution >= 4 is 22.8 Å². The Morgan fingerprint density at radius 2 is 1.96 bits per heavy atom. The fraction of sp³-hybridized carbons (Fsp3) is 0.316. The van der Waals surface area contributed by atoms with Crippen LogP contribution in [-0.2, 0) is 0 Å². The molecule has 1 fully saturated rings. The zero-order valence-corrected chi connectivity index (χ0v) is 14.3. The zero-order valence-electron chi connectivity index (χ0n) is 13.5. The third kappa shape index (κ3) is 3.09. The standard InChI is InChI=1S/C19H21N3OS/c23-19(16-10-18(24-13-16)17-11-20-21-12-17)22-8-6-15(7-9-22)14-4-2-1-3-5-14/h1-5,10-11,13,15,20-21H,6-9,12H2. The summed E-state index contributed by atoms with van der Waals surface area (Å²) in [5.74, 6) is 0.748. The van der Waals surface area contributed by atoms with Crippen molar-refractivity contribution < 1.29 is 4.79 Å². The molecule has 1 aromatic heterocycles. The van der Waals surface area contributed by atoms with Crippen LogP contribution in [0.15, 0.2) is 48.0 Å². The van der Waals surface area contributed by atoms with Crippen molar-refractivity contribution in [2.24, 2.45) is 0 Å². The van der Waals surface area contributed by atoms with E-state index in [1.165, 1.54) is 11.1 Å². The maximum atomic E-state index is 12.8. The van der Waals surface area contributed by atoms with Gasteiger partial charge in [0.2, 0.25) is 0 Å². The molecule has 0 spiro atoms. The number of carbonyl (C=O) groups is 1. The molecule has 1 amide bonds. The van der Waals surface area contributed by atoms with Gasteiger partial charge in [-0.3, -0.25) is 4.79 Å². The lowest BCUT2D eigenvalue weighted by Crippen LogP contribution is -2.37. The summed E-state index contributed by atoms with van der Waals surface area (Å²) in [6, 6.07) is 12.7. The molecule has 2 aliphatic rings. The Morgan fingerprint density at radius 1 is 1.17 bits per heavy atom. The number of carbonyl (C=O) groups excluding carboxylic acids is 1. The molecule has 5 heteroatoms. The van der Waals surface area contributed by atoms with Crippen LogP contribution >= 0.6 is 11.3 Å². The van der Waals surface area contributed by atoms with Crippen LogP contribution in [0.3, 0.4) is 0 Å². The predicted molar refractivity (Wildman–Crippen MR) is 97.8 cm³/mol. The van der Waals surface area contributed by atoms with Gasteiger partial charge in [-0.15, -0.1) is 11.3 Å². The minimum atomic E-state index is 0.170. The molecule has 0 unspecified atom stereocenters. The summed E-state index contributed by atoms with van der Waals surface area (Å²) >= 11 is 1.64. The van der Waals surface area contributed by atoms with Gasteiger partial charge in [0.15, 0.2) is 0 Å². The van der Waals surface area contributed by atoms with E-state index in [9.17, 15) is 4.79 Å². The summed E-state index contributed by atoms with van der Waals surface area (Å²) in [6.45, 7) is 2.49. The summed E-state index contributed by atoms with van der Waals surface area (Å²) < 4.78 is 0. The Bertz CT molecular complexity index is 745. The normalized spacial score (nSPS) is 18.3. The minimum Gasteiger partial charge on any atom is -0.339 e. The average Bonchev–Trinajstić information content (AvgIpc) is 3.33. The molecule has 1 aromatic carbocycles. The van der Waals surface area contributed by atoms with Crippen molar-refractivity contribution in [1.82, 2.24) is 15.8 Å². The van der Waals surface area contributed by atoms with Crippen molar-refractivity contribution in [2.75, 3.05) is 19.6 Å². The van der Waals surface area contributed by atoms with Crippen molar-refractivity contribution in [3.63, 3.8) is 0 Å². The number of nitrogens with zero attached hydrogens (tertiary/aromatic N) is 1. The highest BCUT2D eigenvalue weighted by atomic mass is 32.1. The fourth-order valence-corrected chi connectivity index (χ4v) is 4.33. The molecule has 4 nitrogen and oxygen atoms in total. The molecule has 2 N–H and O–H groups in total. The monoisotopic (exact) mass is 339 g/mol. The molecule has 24 heavy (non-hydrogen) atoms. The van der Waals surface area contributed by atoms with Crippen LogP contribution in [0.5, 0.6) is 0 Å². The molecule has 0 aliphatic carbocycles. The van der Waals surface area contributed by atoms with E-state index in [0.717, 1.165) is 42.9 Å². The smallest absolute Gasteiger partial charge is 0.254 e. The topological polar surface area (TPSA) is 44.4 Å². The summed E-state index contributed by atoms with van der Waals surface area (Å²) in [5, 5.41) is 1.99. The first-order valence-electron chi connectivity index (χ1n) is 8.42. The maximum Gasteiger partial charge on any atom is 0.254 e. The van der Waals surface area contributed by atoms with Crippen LogP contribution in [0.1, 0.15) is 39.6 Å². The summed E-state index contributed by atoms with van der Waals surface area (Å²) in [5.41, 5.74) is 9.48. The number of rotatable bonds is 3. The molecule has 2 aliphatic heterocycles. The molecule has 2 aromatic rings. The van der Waals surface area contributed by atoms with Gasteiger partial charge in [-0.05, 0) is 30.4 Å². The van der Waals surface area contributed by atoms with Gasteiger partial charge in [-0.2, -0.15) is 0 Å². The lowest BCUT2D eigenvalue weighted by molar-refractivity contribution is 0.0713. The van der Waals surface area contributed by atoms with Gasteiger partial charge in [-0.1, -0.05) is 30.3 Å². The summed E-state index contributed by atoms with van der Waals surface area (Å²) in [7, 11) is 0. The van der Waals surface area contributed by atoms with E-state index in [-0.39, 0.29) is 5.91 Å². The number of hydrogen-bond donors (Lipinski definition) is 2. The summed E-state index contributed by atoms with van der Waals surface area (Å²) in [4.78, 5) is 15.9. The number of amides is 1. The van der Waals surface area contributed by atoms with Crippen LogP contribution in [0, 0.1) is 0 Å². The van der Waals surface area contributed by atoms with Gasteiger partial charge >= 0.3 is 0 Å². The highest BCUT2D eigenvalue weighted by Gasteiger charge is 2.25. The van der Waals surface area contributed by atoms with E-state index in [1.807, 2.05) is 22.5 Å². The van der Waals surface area contributed by atoms with Crippen molar-refractivity contribution in [3.05, 3.63) is 64.0 Å². The Balaban J connectivity index is 1.39. The Labute approximate surface area is 146 Å². The molecule has 3 heterocycles. The van der Waals surface area contributed by atoms with E-state index >= 15 is 0 Å². The molecule has 0 atom stereocenters. The van der Waals surface area contributed by atoms with Crippen molar-refractivity contribution in [1.29, 1.82) is 0 Å². The first-order valence-corrected chi connectivity index (χ1v) is 9.30. The maximum absolute atomic E-state index is 12.8. The molecule has 0 radical (unpaired) electrons. The third-order valence-electron chi connectivity index (χ3n) is 4.84. The largest absolute Gasteiger partial charge is 0.339 e. The first kappa shape index (κ1) is 15.4. The fourth-order valence-electron chi connectivity index (χ4n) is 3.43. The summed E-state index contributed by atoms with van der Waals surface area (Å²) in [6.07, 6.45) is 4.06. The average molecular weight is 339 g/mol. The number of hydrogen-bond acceptors (Lipinski definition) is 4. The molecule has 4 rings (SSSR count). The van der Waals surface area contributed by atoms with Crippen molar-refractivity contribution in [3.8, 4) is 0 Å².